The fraction of sp³-hybridized carbons (Fsp3) is 0.412. The first-order valence-corrected chi connectivity index (χ1v) is 9.92. The number of thioether (sulfide) groups is 2. The Hall–Kier alpha value is -2.00. The number of rotatable bonds is 10. The Labute approximate surface area is 160 Å². The highest BCUT2D eigenvalue weighted by molar-refractivity contribution is 8.14. The fourth-order valence-electron chi connectivity index (χ4n) is 2.09. The van der Waals surface area contributed by atoms with Gasteiger partial charge in [0.15, 0.2) is 10.9 Å². The van der Waals surface area contributed by atoms with Gasteiger partial charge in [-0.3, -0.25) is 14.4 Å². The Bertz CT molecular complexity index is 662. The molecule has 0 spiro atoms. The number of ether oxygens (including phenoxy) is 1. The lowest BCUT2D eigenvalue weighted by Crippen LogP contribution is -2.44. The Morgan fingerprint density at radius 2 is 1.81 bits per heavy atom. The van der Waals surface area contributed by atoms with E-state index in [9.17, 15) is 19.2 Å². The van der Waals surface area contributed by atoms with Gasteiger partial charge in [-0.25, -0.2) is 4.79 Å². The highest BCUT2D eigenvalue weighted by Crippen LogP contribution is 2.22. The quantitative estimate of drug-likeness (QED) is 0.574. The van der Waals surface area contributed by atoms with Crippen molar-refractivity contribution in [1.29, 1.82) is 0 Å². The van der Waals surface area contributed by atoms with Gasteiger partial charge in [0.1, 0.15) is 11.8 Å². The van der Waals surface area contributed by atoms with Crippen LogP contribution in [0, 0.1) is 0 Å². The molecule has 1 aromatic rings. The third-order valence-electron chi connectivity index (χ3n) is 3.31. The molecular weight excluding hydrogens is 378 g/mol. The molecule has 26 heavy (non-hydrogen) atoms. The first-order valence-electron chi connectivity index (χ1n) is 7.65. The van der Waals surface area contributed by atoms with Crippen molar-refractivity contribution in [3.05, 3.63) is 29.8 Å². The van der Waals surface area contributed by atoms with Gasteiger partial charge in [-0.15, -0.1) is 0 Å². The van der Waals surface area contributed by atoms with Crippen molar-refractivity contribution >= 4 is 46.3 Å². The predicted molar refractivity (Wildman–Crippen MR) is 102 cm³/mol. The molecule has 0 aromatic heterocycles. The second kappa shape index (κ2) is 10.9. The molecule has 7 nitrogen and oxygen atoms in total. The molecule has 0 aliphatic heterocycles. The maximum Gasteiger partial charge on any atom is 0.327 e. The smallest absolute Gasteiger partial charge is 0.327 e. The number of Topliss-reactive ketones (excluding diaryl/α,β-unsaturated/α-hetero) is 1. The van der Waals surface area contributed by atoms with Gasteiger partial charge in [0.05, 0.1) is 12.4 Å². The zero-order valence-corrected chi connectivity index (χ0v) is 16.3. The molecule has 0 heterocycles. The zero-order valence-electron chi connectivity index (χ0n) is 14.7. The number of carbonyl (C=O) groups is 4. The highest BCUT2D eigenvalue weighted by Gasteiger charge is 2.27. The van der Waals surface area contributed by atoms with E-state index >= 15 is 0 Å². The van der Waals surface area contributed by atoms with E-state index in [1.165, 1.54) is 25.8 Å². The van der Waals surface area contributed by atoms with E-state index in [0.29, 0.717) is 11.3 Å². The maximum atomic E-state index is 12.6. The lowest BCUT2D eigenvalue weighted by molar-refractivity contribution is -0.141. The number of carbonyl (C=O) groups excluding carboxylic acids is 3. The van der Waals surface area contributed by atoms with Gasteiger partial charge in [0.2, 0.25) is 5.91 Å². The summed E-state index contributed by atoms with van der Waals surface area (Å²) < 4.78 is 5.04. The summed E-state index contributed by atoms with van der Waals surface area (Å²) in [5.41, 5.74) is 0.344. The third-order valence-corrected chi connectivity index (χ3v) is 4.98. The summed E-state index contributed by atoms with van der Waals surface area (Å²) in [6, 6.07) is 5.29. The summed E-state index contributed by atoms with van der Waals surface area (Å²) in [7, 11) is 1.50. The molecule has 0 fully saturated rings. The van der Waals surface area contributed by atoms with Crippen LogP contribution in [0.1, 0.15) is 23.7 Å². The lowest BCUT2D eigenvalue weighted by atomic mass is 10.1. The second-order valence-electron chi connectivity index (χ2n) is 5.31. The molecule has 2 N–H and O–H groups in total. The van der Waals surface area contributed by atoms with Crippen LogP contribution in [0.15, 0.2) is 24.3 Å². The van der Waals surface area contributed by atoms with Crippen molar-refractivity contribution in [2.24, 2.45) is 0 Å². The van der Waals surface area contributed by atoms with Crippen molar-refractivity contribution in [3.63, 3.8) is 0 Å². The highest BCUT2D eigenvalue weighted by atomic mass is 32.2. The number of benzene rings is 1. The molecule has 9 heteroatoms. The summed E-state index contributed by atoms with van der Waals surface area (Å²) in [4.78, 5) is 47.4. The van der Waals surface area contributed by atoms with Crippen molar-refractivity contribution in [3.8, 4) is 5.75 Å². The molecule has 1 unspecified atom stereocenters. The minimum Gasteiger partial charge on any atom is -0.497 e. The van der Waals surface area contributed by atoms with Crippen LogP contribution < -0.4 is 10.1 Å². The third kappa shape index (κ3) is 7.09. The average molecular weight is 399 g/mol. The summed E-state index contributed by atoms with van der Waals surface area (Å²) in [5.74, 6) is -1.33. The number of carboxylic acid groups (broad SMARTS) is 1. The largest absolute Gasteiger partial charge is 0.497 e. The Balaban J connectivity index is 2.87. The van der Waals surface area contributed by atoms with Crippen LogP contribution in [0.25, 0.3) is 0 Å². The van der Waals surface area contributed by atoms with Gasteiger partial charge in [-0.1, -0.05) is 11.8 Å². The van der Waals surface area contributed by atoms with Gasteiger partial charge < -0.3 is 15.2 Å². The van der Waals surface area contributed by atoms with Crippen LogP contribution in [0.2, 0.25) is 0 Å². The van der Waals surface area contributed by atoms with Crippen LogP contribution in [-0.4, -0.2) is 58.3 Å². The van der Waals surface area contributed by atoms with E-state index in [1.807, 2.05) is 0 Å². The number of methoxy groups -OCH3 is 1. The molecule has 0 aliphatic carbocycles. The van der Waals surface area contributed by atoms with Crippen LogP contribution >= 0.6 is 23.5 Å². The van der Waals surface area contributed by atoms with Gasteiger partial charge in [-0.2, -0.15) is 11.8 Å². The predicted octanol–water partition coefficient (Wildman–Crippen LogP) is 1.85. The molecule has 0 aliphatic rings. The average Bonchev–Trinajstić information content (AvgIpc) is 2.59. The van der Waals surface area contributed by atoms with Crippen LogP contribution in [0.5, 0.6) is 5.75 Å². The van der Waals surface area contributed by atoms with Crippen LogP contribution in [0.3, 0.4) is 0 Å². The first-order chi connectivity index (χ1) is 12.3. The Kier molecular flexibility index (Phi) is 9.22. The number of ketones is 1. The monoisotopic (exact) mass is 399 g/mol. The van der Waals surface area contributed by atoms with E-state index in [-0.39, 0.29) is 23.1 Å². The second-order valence-corrected chi connectivity index (χ2v) is 7.60. The van der Waals surface area contributed by atoms with Crippen molar-refractivity contribution in [2.75, 3.05) is 19.1 Å². The number of hydrogen-bond donors (Lipinski definition) is 2. The first kappa shape index (κ1) is 22.0. The minimum atomic E-state index is -1.15. The van der Waals surface area contributed by atoms with Gasteiger partial charge in [0, 0.05) is 24.7 Å². The maximum absolute atomic E-state index is 12.6. The van der Waals surface area contributed by atoms with E-state index in [4.69, 9.17) is 9.84 Å². The summed E-state index contributed by atoms with van der Waals surface area (Å²) >= 11 is 2.04. The van der Waals surface area contributed by atoms with Gasteiger partial charge in [0.25, 0.3) is 0 Å². The van der Waals surface area contributed by atoms with E-state index in [2.05, 4.69) is 5.32 Å². The topological polar surface area (TPSA) is 110 Å². The molecule has 2 atom stereocenters. The van der Waals surface area contributed by atoms with Gasteiger partial charge in [-0.05, 0) is 30.5 Å². The Morgan fingerprint density at radius 1 is 1.19 bits per heavy atom. The molecule has 1 aromatic carbocycles. The van der Waals surface area contributed by atoms with E-state index in [1.54, 1.807) is 30.5 Å². The van der Waals surface area contributed by atoms with Crippen molar-refractivity contribution < 1.29 is 29.0 Å². The molecule has 1 rings (SSSR count). The molecule has 0 radical (unpaired) electrons. The molecular formula is C17H21NO6S2. The number of nitrogens with one attached hydrogen (secondary N) is 1. The zero-order chi connectivity index (χ0) is 19.7. The lowest BCUT2D eigenvalue weighted by Gasteiger charge is -2.17. The summed E-state index contributed by atoms with van der Waals surface area (Å²) in [5, 5.41) is 10.3. The van der Waals surface area contributed by atoms with Crippen LogP contribution in [0.4, 0.5) is 0 Å². The van der Waals surface area contributed by atoms with E-state index < -0.39 is 23.2 Å². The number of carboxylic acids is 1. The number of amides is 1. The molecule has 0 bridgehead atoms. The SMILES string of the molecule is COc1ccc(C(=O)C(CC(=O)N[C@@H](CSC)C(=O)O)SC(C)=O)cc1. The fourth-order valence-corrected chi connectivity index (χ4v) is 3.53. The van der Waals surface area contributed by atoms with Gasteiger partial charge >= 0.3 is 5.97 Å². The summed E-state index contributed by atoms with van der Waals surface area (Å²) in [6.45, 7) is 1.31. The minimum absolute atomic E-state index is 0.206. The van der Waals surface area contributed by atoms with Crippen molar-refractivity contribution in [1.82, 2.24) is 5.32 Å². The standard InChI is InChI=1S/C17H21NO6S2/c1-10(19)26-14(8-15(20)18-13(9-25-3)17(22)23)16(21)11-4-6-12(24-2)7-5-11/h4-7,13-14H,8-9H2,1-3H3,(H,18,20)(H,22,23)/t13-,14?/m0/s1. The molecule has 1 amide bonds. The van der Waals surface area contributed by atoms with Crippen LogP contribution in [-0.2, 0) is 14.4 Å². The number of hydrogen-bond acceptors (Lipinski definition) is 7. The summed E-state index contributed by atoms with van der Waals surface area (Å²) in [6.07, 6.45) is 1.44. The Morgan fingerprint density at radius 3 is 2.27 bits per heavy atom. The molecule has 142 valence electrons. The van der Waals surface area contributed by atoms with Crippen molar-refractivity contribution in [2.45, 2.75) is 24.6 Å². The number of aliphatic carboxylic acids is 1. The molecule has 0 saturated heterocycles. The normalized spacial score (nSPS) is 12.7. The van der Waals surface area contributed by atoms with E-state index in [0.717, 1.165) is 11.8 Å². The molecule has 0 saturated carbocycles.